The van der Waals surface area contributed by atoms with E-state index in [-0.39, 0.29) is 17.4 Å². The second-order valence-electron chi connectivity index (χ2n) is 15.4. The van der Waals surface area contributed by atoms with E-state index in [1.807, 2.05) is 13.8 Å². The summed E-state index contributed by atoms with van der Waals surface area (Å²) in [4.78, 5) is 0. The molecule has 0 heterocycles. The average Bonchev–Trinajstić information content (AvgIpc) is 3.25. The molecule has 0 aromatic heterocycles. The van der Waals surface area contributed by atoms with Gasteiger partial charge in [0.15, 0.2) is 0 Å². The van der Waals surface area contributed by atoms with Crippen LogP contribution in [0.15, 0.2) is 0 Å². The molecule has 4 rings (SSSR count). The Bertz CT molecular complexity index is 950. The number of aliphatic hydroxyl groups is 1. The van der Waals surface area contributed by atoms with Crippen LogP contribution < -0.4 is 16.4 Å². The van der Waals surface area contributed by atoms with Crippen molar-refractivity contribution in [2.75, 3.05) is 26.2 Å². The Morgan fingerprint density at radius 3 is 2.36 bits per heavy atom. The van der Waals surface area contributed by atoms with E-state index in [1.54, 1.807) is 0 Å². The van der Waals surface area contributed by atoms with Crippen LogP contribution in [-0.2, 0) is 14.6 Å². The highest BCUT2D eigenvalue weighted by atomic mass is 32.3. The summed E-state index contributed by atoms with van der Waals surface area (Å²) in [6, 6.07) is 0.577. The van der Waals surface area contributed by atoms with E-state index < -0.39 is 16.5 Å². The normalized spacial score (nSPS) is 39.1. The average molecular weight is 614 g/mol. The minimum Gasteiger partial charge on any atom is -0.393 e. The van der Waals surface area contributed by atoms with E-state index >= 15 is 0 Å². The van der Waals surface area contributed by atoms with Crippen molar-refractivity contribution in [1.82, 2.24) is 10.6 Å². The molecule has 0 amide bonds. The molecular formula is C33H63N3O5S. The molecule has 6 N–H and O–H groups in total. The van der Waals surface area contributed by atoms with Gasteiger partial charge < -0.3 is 21.5 Å². The molecule has 42 heavy (non-hydrogen) atoms. The van der Waals surface area contributed by atoms with E-state index in [4.69, 9.17) is 9.92 Å². The third-order valence-corrected chi connectivity index (χ3v) is 13.2. The number of aliphatic hydroxyl groups excluding tert-OH is 1. The summed E-state index contributed by atoms with van der Waals surface area (Å²) >= 11 is 0. The molecular weight excluding hydrogens is 550 g/mol. The molecule has 0 aliphatic heterocycles. The van der Waals surface area contributed by atoms with Gasteiger partial charge in [-0.05, 0) is 156 Å². The van der Waals surface area contributed by atoms with E-state index in [9.17, 15) is 18.1 Å². The quantitative estimate of drug-likeness (QED) is 0.117. The van der Waals surface area contributed by atoms with E-state index in [1.165, 1.54) is 44.9 Å². The maximum Gasteiger partial charge on any atom is 0.397 e. The Labute approximate surface area is 257 Å². The van der Waals surface area contributed by atoms with Gasteiger partial charge in [-0.3, -0.25) is 4.55 Å². The van der Waals surface area contributed by atoms with Crippen molar-refractivity contribution in [3.63, 3.8) is 0 Å². The summed E-state index contributed by atoms with van der Waals surface area (Å²) in [5.41, 5.74) is 6.16. The molecule has 10 atom stereocenters. The summed E-state index contributed by atoms with van der Waals surface area (Å²) in [5.74, 6) is 2.85. The Morgan fingerprint density at radius 2 is 1.64 bits per heavy atom. The van der Waals surface area contributed by atoms with Gasteiger partial charge in [-0.1, -0.05) is 34.1 Å². The lowest BCUT2D eigenvalue weighted by atomic mass is 9.44. The van der Waals surface area contributed by atoms with Gasteiger partial charge in [0, 0.05) is 6.04 Å². The van der Waals surface area contributed by atoms with Crippen molar-refractivity contribution in [2.45, 2.75) is 136 Å². The second-order valence-corrected chi connectivity index (χ2v) is 16.4. The van der Waals surface area contributed by atoms with Crippen LogP contribution in [0.2, 0.25) is 0 Å². The molecule has 0 radical (unpaired) electrons. The molecule has 8 nitrogen and oxygen atoms in total. The highest BCUT2D eigenvalue weighted by Crippen LogP contribution is 2.68. The van der Waals surface area contributed by atoms with Gasteiger partial charge in [0.25, 0.3) is 0 Å². The molecule has 0 aromatic rings. The number of nitrogens with one attached hydrogen (secondary N) is 2. The highest BCUT2D eigenvalue weighted by Gasteiger charge is 2.62. The molecule has 4 aliphatic carbocycles. The van der Waals surface area contributed by atoms with E-state index in [2.05, 4.69) is 24.5 Å². The minimum atomic E-state index is -4.44. The first kappa shape index (κ1) is 34.6. The standard InChI is InChI=1S/C33H63N3O5S/c1-23(2)30(41-42(38,39)40)10-7-9-24-11-12-27-31-28(14-16-32(24,27)3)33(4)15-13-26(21-25(33)22-29(31)37)36-20-8-19-35-18-6-5-17-34/h23-31,35-37H,5-22,34H2,1-4H3,(H,38,39,40)/t24?,25-,26?,27?,28?,29?,30?,31?,32?,33?/m1/s1. The van der Waals surface area contributed by atoms with Crippen molar-refractivity contribution in [2.24, 2.45) is 52.1 Å². The van der Waals surface area contributed by atoms with Crippen LogP contribution in [0.4, 0.5) is 0 Å². The molecule has 9 unspecified atom stereocenters. The minimum absolute atomic E-state index is 0.0271. The van der Waals surface area contributed by atoms with Crippen LogP contribution >= 0.6 is 0 Å². The van der Waals surface area contributed by atoms with Gasteiger partial charge in [0.1, 0.15) is 0 Å². The highest BCUT2D eigenvalue weighted by molar-refractivity contribution is 7.80. The molecule has 0 aromatic carbocycles. The van der Waals surface area contributed by atoms with Crippen molar-refractivity contribution in [3.8, 4) is 0 Å². The summed E-state index contributed by atoms with van der Waals surface area (Å²) in [6.45, 7) is 12.9. The Morgan fingerprint density at radius 1 is 0.929 bits per heavy atom. The van der Waals surface area contributed by atoms with Gasteiger partial charge >= 0.3 is 10.4 Å². The molecule has 4 fully saturated rings. The fourth-order valence-corrected chi connectivity index (χ4v) is 10.9. The van der Waals surface area contributed by atoms with Crippen molar-refractivity contribution < 1.29 is 22.3 Å². The van der Waals surface area contributed by atoms with Crippen LogP contribution in [0.25, 0.3) is 0 Å². The van der Waals surface area contributed by atoms with Crippen LogP contribution in [0, 0.1) is 46.3 Å². The van der Waals surface area contributed by atoms with Crippen LogP contribution in [0.1, 0.15) is 118 Å². The monoisotopic (exact) mass is 613 g/mol. The first-order chi connectivity index (χ1) is 19.9. The van der Waals surface area contributed by atoms with Crippen LogP contribution in [-0.4, -0.2) is 62.5 Å². The molecule has 246 valence electrons. The van der Waals surface area contributed by atoms with Gasteiger partial charge in [-0.15, -0.1) is 0 Å². The summed E-state index contributed by atoms with van der Waals surface area (Å²) in [6.07, 6.45) is 14.9. The lowest BCUT2D eigenvalue weighted by molar-refractivity contribution is -0.165. The van der Waals surface area contributed by atoms with Crippen molar-refractivity contribution in [3.05, 3.63) is 0 Å². The fourth-order valence-electron chi connectivity index (χ4n) is 10.2. The molecule has 0 spiro atoms. The number of hydrogen-bond acceptors (Lipinski definition) is 7. The van der Waals surface area contributed by atoms with Crippen LogP contribution in [0.5, 0.6) is 0 Å². The SMILES string of the molecule is CC(C)C(CCCC1CCC2C3C(O)C[C@H]4CC(NCCCNCCCCN)CCC4(C)C3CCC12C)OS(=O)(=O)O. The fraction of sp³-hybridized carbons (Fsp3) is 1.00. The molecule has 4 saturated carbocycles. The predicted molar refractivity (Wildman–Crippen MR) is 169 cm³/mol. The first-order valence-corrected chi connectivity index (χ1v) is 18.7. The van der Waals surface area contributed by atoms with Gasteiger partial charge in [-0.25, -0.2) is 4.18 Å². The van der Waals surface area contributed by atoms with E-state index in [0.29, 0.717) is 47.5 Å². The zero-order chi connectivity index (χ0) is 30.5. The third kappa shape index (κ3) is 8.10. The largest absolute Gasteiger partial charge is 0.397 e. The van der Waals surface area contributed by atoms with Crippen molar-refractivity contribution >= 4 is 10.4 Å². The number of nitrogens with two attached hydrogens (primary N) is 1. The summed E-state index contributed by atoms with van der Waals surface area (Å²) in [5, 5.41) is 19.1. The maximum absolute atomic E-state index is 11.7. The Hall–Kier alpha value is -0.290. The Balaban J connectivity index is 1.28. The molecule has 9 heteroatoms. The molecule has 4 aliphatic rings. The summed E-state index contributed by atoms with van der Waals surface area (Å²) < 4.78 is 36.8. The maximum atomic E-state index is 11.7. The zero-order valence-corrected chi connectivity index (χ0v) is 27.8. The third-order valence-electron chi connectivity index (χ3n) is 12.7. The lowest BCUT2D eigenvalue weighted by Crippen LogP contribution is -2.59. The zero-order valence-electron chi connectivity index (χ0n) is 27.0. The van der Waals surface area contributed by atoms with Gasteiger partial charge in [-0.2, -0.15) is 8.42 Å². The second kappa shape index (κ2) is 14.9. The predicted octanol–water partition coefficient (Wildman–Crippen LogP) is 5.31. The first-order valence-electron chi connectivity index (χ1n) is 17.4. The van der Waals surface area contributed by atoms with Crippen molar-refractivity contribution in [1.29, 1.82) is 0 Å². The number of rotatable bonds is 16. The topological polar surface area (TPSA) is 134 Å². The molecule has 0 saturated heterocycles. The number of fused-ring (bicyclic) bond motifs is 5. The molecule has 0 bridgehead atoms. The van der Waals surface area contributed by atoms with Gasteiger partial charge in [0.2, 0.25) is 0 Å². The smallest absolute Gasteiger partial charge is 0.393 e. The summed E-state index contributed by atoms with van der Waals surface area (Å²) in [7, 11) is -4.44. The lowest BCUT2D eigenvalue weighted by Gasteiger charge is -2.62. The number of hydrogen-bond donors (Lipinski definition) is 5. The van der Waals surface area contributed by atoms with Gasteiger partial charge in [0.05, 0.1) is 12.2 Å². The Kier molecular flexibility index (Phi) is 12.2. The van der Waals surface area contributed by atoms with Crippen LogP contribution in [0.3, 0.4) is 0 Å². The van der Waals surface area contributed by atoms with E-state index in [0.717, 1.165) is 64.7 Å². The number of unbranched alkanes of at least 4 members (excludes halogenated alkanes) is 1.